The first-order chi connectivity index (χ1) is 15.2. The third-order valence-corrected chi connectivity index (χ3v) is 5.99. The Bertz CT molecular complexity index is 1300. The van der Waals surface area contributed by atoms with Crippen molar-refractivity contribution in [3.63, 3.8) is 0 Å². The van der Waals surface area contributed by atoms with E-state index in [-0.39, 0.29) is 11.8 Å². The van der Waals surface area contributed by atoms with E-state index >= 15 is 0 Å². The van der Waals surface area contributed by atoms with Crippen LogP contribution in [0.5, 0.6) is 0 Å². The molecule has 32 heavy (non-hydrogen) atoms. The van der Waals surface area contributed by atoms with Crippen molar-refractivity contribution in [1.29, 1.82) is 0 Å². The van der Waals surface area contributed by atoms with Crippen LogP contribution in [0, 0.1) is 41.5 Å². The molecule has 2 amide bonds. The lowest BCUT2D eigenvalue weighted by molar-refractivity contribution is -0.120. The van der Waals surface area contributed by atoms with E-state index in [1.54, 1.807) is 0 Å². The molecule has 4 rings (SSSR count). The maximum atomic E-state index is 13.8. The lowest BCUT2D eigenvalue weighted by Crippen LogP contribution is -2.33. The summed E-state index contributed by atoms with van der Waals surface area (Å²) in [6.45, 7) is 11.9. The zero-order valence-corrected chi connectivity index (χ0v) is 19.5. The van der Waals surface area contributed by atoms with Gasteiger partial charge < -0.3 is 5.32 Å². The van der Waals surface area contributed by atoms with Gasteiger partial charge in [0.1, 0.15) is 5.70 Å². The molecule has 0 fully saturated rings. The van der Waals surface area contributed by atoms with Gasteiger partial charge in [0.25, 0.3) is 11.8 Å². The number of nitrogens with zero attached hydrogens (tertiary/aromatic N) is 1. The Kier molecular flexibility index (Phi) is 5.47. The summed E-state index contributed by atoms with van der Waals surface area (Å²) in [5, 5.41) is 3.32. The molecular weight excluding hydrogens is 396 g/mol. The van der Waals surface area contributed by atoms with Crippen LogP contribution in [0.3, 0.4) is 0 Å². The molecule has 1 heterocycles. The van der Waals surface area contributed by atoms with Gasteiger partial charge in [0.05, 0.1) is 11.3 Å². The minimum atomic E-state index is -0.334. The maximum Gasteiger partial charge on any atom is 0.282 e. The highest BCUT2D eigenvalue weighted by atomic mass is 16.2. The highest BCUT2D eigenvalue weighted by Gasteiger charge is 2.41. The van der Waals surface area contributed by atoms with Crippen LogP contribution in [0.15, 0.2) is 60.3 Å². The lowest BCUT2D eigenvalue weighted by Gasteiger charge is -2.19. The molecule has 1 aliphatic rings. The molecule has 0 spiro atoms. The molecule has 3 aromatic rings. The lowest BCUT2D eigenvalue weighted by atomic mass is 9.97. The molecule has 162 valence electrons. The van der Waals surface area contributed by atoms with Gasteiger partial charge >= 0.3 is 0 Å². The number of carbonyl (C=O) groups excluding carboxylic acids is 2. The first-order valence-electron chi connectivity index (χ1n) is 10.8. The Hall–Kier alpha value is -3.66. The van der Waals surface area contributed by atoms with Crippen LogP contribution in [0.1, 0.15) is 38.9 Å². The van der Waals surface area contributed by atoms with Crippen molar-refractivity contribution in [2.24, 2.45) is 0 Å². The average molecular weight is 425 g/mol. The van der Waals surface area contributed by atoms with E-state index < -0.39 is 0 Å². The van der Waals surface area contributed by atoms with Crippen molar-refractivity contribution < 1.29 is 9.59 Å². The molecule has 0 saturated heterocycles. The number of amides is 2. The Balaban J connectivity index is 1.91. The number of anilines is 2. The number of hydrogen-bond donors (Lipinski definition) is 1. The minimum absolute atomic E-state index is 0.302. The van der Waals surface area contributed by atoms with Crippen LogP contribution in [0.4, 0.5) is 11.4 Å². The first kappa shape index (κ1) is 21.6. The summed E-state index contributed by atoms with van der Waals surface area (Å²) in [6.07, 6.45) is 0. The molecule has 0 saturated carbocycles. The number of rotatable bonds is 4. The number of nitrogens with one attached hydrogen (secondary N) is 1. The second-order valence-electron chi connectivity index (χ2n) is 8.75. The summed E-state index contributed by atoms with van der Waals surface area (Å²) in [6, 6.07) is 17.8. The van der Waals surface area contributed by atoms with Crippen molar-refractivity contribution in [2.75, 3.05) is 10.2 Å². The first-order valence-corrected chi connectivity index (χ1v) is 10.8. The largest absolute Gasteiger partial charge is 0.350 e. The summed E-state index contributed by atoms with van der Waals surface area (Å²) in [4.78, 5) is 28.8. The zero-order valence-electron chi connectivity index (χ0n) is 19.5. The maximum absolute atomic E-state index is 13.8. The van der Waals surface area contributed by atoms with Gasteiger partial charge in [0.2, 0.25) is 0 Å². The van der Waals surface area contributed by atoms with E-state index in [1.165, 1.54) is 4.90 Å². The number of hydrogen-bond acceptors (Lipinski definition) is 3. The SMILES string of the molecule is Cc1ccc(C2=C(Nc3cc(C)ccc3C)C(=O)N(c3cc(C)ccc3C)C2=O)c(C)c1. The Morgan fingerprint density at radius 3 is 1.91 bits per heavy atom. The Morgan fingerprint density at radius 2 is 1.22 bits per heavy atom. The molecular formula is C28H28N2O2. The standard InChI is InChI=1S/C28H28N2O2/c1-16-9-12-22(21(6)13-16)25-26(29-23-14-17(2)7-10-19(23)4)28(32)30(27(25)31)24-15-18(3)8-11-20(24)5/h7-15,29H,1-6H3. The molecule has 1 aliphatic heterocycles. The second-order valence-corrected chi connectivity index (χ2v) is 8.75. The van der Waals surface area contributed by atoms with Crippen LogP contribution in [-0.2, 0) is 9.59 Å². The zero-order chi connectivity index (χ0) is 23.2. The molecule has 0 atom stereocenters. The van der Waals surface area contributed by atoms with E-state index in [0.29, 0.717) is 17.0 Å². The summed E-state index contributed by atoms with van der Waals surface area (Å²) < 4.78 is 0. The van der Waals surface area contributed by atoms with Gasteiger partial charge in [0, 0.05) is 5.69 Å². The van der Waals surface area contributed by atoms with Gasteiger partial charge in [-0.15, -0.1) is 0 Å². The van der Waals surface area contributed by atoms with Crippen molar-refractivity contribution in [1.82, 2.24) is 0 Å². The Labute approximate surface area is 189 Å². The minimum Gasteiger partial charge on any atom is -0.350 e. The van der Waals surface area contributed by atoms with Crippen molar-refractivity contribution in [3.8, 4) is 0 Å². The third-order valence-electron chi connectivity index (χ3n) is 5.99. The highest BCUT2D eigenvalue weighted by Crippen LogP contribution is 2.37. The van der Waals surface area contributed by atoms with Gasteiger partial charge in [-0.05, 0) is 87.1 Å². The molecule has 4 heteroatoms. The van der Waals surface area contributed by atoms with Crippen LogP contribution >= 0.6 is 0 Å². The number of aryl methyl sites for hydroxylation is 6. The van der Waals surface area contributed by atoms with E-state index in [2.05, 4.69) is 5.32 Å². The predicted octanol–water partition coefficient (Wildman–Crippen LogP) is 5.93. The Morgan fingerprint density at radius 1 is 0.625 bits per heavy atom. The molecule has 0 aromatic heterocycles. The molecule has 3 aromatic carbocycles. The average Bonchev–Trinajstić information content (AvgIpc) is 2.96. The normalized spacial score (nSPS) is 13.9. The van der Waals surface area contributed by atoms with Crippen LogP contribution in [-0.4, -0.2) is 11.8 Å². The van der Waals surface area contributed by atoms with Gasteiger partial charge in [0.15, 0.2) is 0 Å². The van der Waals surface area contributed by atoms with E-state index in [4.69, 9.17) is 0 Å². The van der Waals surface area contributed by atoms with Gasteiger partial charge in [-0.3, -0.25) is 9.59 Å². The number of carbonyl (C=O) groups is 2. The van der Waals surface area contributed by atoms with E-state index in [1.807, 2.05) is 96.1 Å². The molecule has 0 unspecified atom stereocenters. The summed E-state index contributed by atoms with van der Waals surface area (Å²) in [5.41, 5.74) is 8.99. The van der Waals surface area contributed by atoms with E-state index in [0.717, 1.165) is 44.6 Å². The number of imide groups is 1. The molecule has 1 N–H and O–H groups in total. The molecule has 0 bridgehead atoms. The quantitative estimate of drug-likeness (QED) is 0.528. The van der Waals surface area contributed by atoms with Crippen LogP contribution in [0.2, 0.25) is 0 Å². The molecule has 0 radical (unpaired) electrons. The van der Waals surface area contributed by atoms with Crippen LogP contribution in [0.25, 0.3) is 5.57 Å². The monoisotopic (exact) mass is 424 g/mol. The summed E-state index contributed by atoms with van der Waals surface area (Å²) in [5.74, 6) is -0.636. The van der Waals surface area contributed by atoms with Gasteiger partial charge in [-0.2, -0.15) is 0 Å². The fraction of sp³-hybridized carbons (Fsp3) is 0.214. The fourth-order valence-corrected chi connectivity index (χ4v) is 4.17. The molecule has 4 nitrogen and oxygen atoms in total. The predicted molar refractivity (Wildman–Crippen MR) is 131 cm³/mol. The van der Waals surface area contributed by atoms with Crippen LogP contribution < -0.4 is 10.2 Å². The summed E-state index contributed by atoms with van der Waals surface area (Å²) in [7, 11) is 0. The fourth-order valence-electron chi connectivity index (χ4n) is 4.17. The van der Waals surface area contributed by atoms with E-state index in [9.17, 15) is 9.59 Å². The third kappa shape index (κ3) is 3.73. The topological polar surface area (TPSA) is 49.4 Å². The van der Waals surface area contributed by atoms with Crippen molar-refractivity contribution in [3.05, 3.63) is 99.2 Å². The molecule has 0 aliphatic carbocycles. The summed E-state index contributed by atoms with van der Waals surface area (Å²) >= 11 is 0. The van der Waals surface area contributed by atoms with Gasteiger partial charge in [-0.25, -0.2) is 4.90 Å². The highest BCUT2D eigenvalue weighted by molar-refractivity contribution is 6.46. The number of benzene rings is 3. The van der Waals surface area contributed by atoms with Crippen molar-refractivity contribution in [2.45, 2.75) is 41.5 Å². The smallest absolute Gasteiger partial charge is 0.282 e. The van der Waals surface area contributed by atoms with Crippen molar-refractivity contribution >= 4 is 28.8 Å². The van der Waals surface area contributed by atoms with Gasteiger partial charge in [-0.1, -0.05) is 48.0 Å². The second kappa shape index (κ2) is 8.12.